The molecule has 0 amide bonds. The van der Waals surface area contributed by atoms with Crippen molar-refractivity contribution in [3.05, 3.63) is 58.6 Å². The van der Waals surface area contributed by atoms with Crippen LogP contribution in [0, 0.1) is 6.92 Å². The molecule has 0 aliphatic rings. The third-order valence-corrected chi connectivity index (χ3v) is 5.33. The first kappa shape index (κ1) is 17.8. The minimum absolute atomic E-state index is 0.0399. The molecule has 23 heavy (non-hydrogen) atoms. The predicted molar refractivity (Wildman–Crippen MR) is 92.5 cm³/mol. The quantitative estimate of drug-likeness (QED) is 0.851. The Hall–Kier alpha value is -1.56. The largest absolute Gasteiger partial charge is 0.495 e. The van der Waals surface area contributed by atoms with Crippen LogP contribution in [0.5, 0.6) is 5.75 Å². The Bertz CT molecular complexity index is 773. The summed E-state index contributed by atoms with van der Waals surface area (Å²) in [5.74, 6) is 0.264. The molecule has 2 aromatic carbocycles. The van der Waals surface area contributed by atoms with Crippen LogP contribution >= 0.6 is 11.6 Å². The molecular formula is C17H20ClNO3S. The van der Waals surface area contributed by atoms with Gasteiger partial charge in [0.05, 0.1) is 7.11 Å². The van der Waals surface area contributed by atoms with E-state index in [9.17, 15) is 8.42 Å². The van der Waals surface area contributed by atoms with Crippen LogP contribution < -0.4 is 9.46 Å². The van der Waals surface area contributed by atoms with Crippen LogP contribution in [-0.4, -0.2) is 15.5 Å². The molecule has 2 rings (SSSR count). The Balaban J connectivity index is 2.36. The second-order valence-electron chi connectivity index (χ2n) is 5.29. The first-order chi connectivity index (χ1) is 10.9. The van der Waals surface area contributed by atoms with Crippen LogP contribution in [0.2, 0.25) is 5.02 Å². The molecule has 0 heterocycles. The van der Waals surface area contributed by atoms with Crippen molar-refractivity contribution in [2.75, 3.05) is 7.11 Å². The Labute approximate surface area is 142 Å². The molecule has 0 bridgehead atoms. The second-order valence-corrected chi connectivity index (χ2v) is 7.41. The van der Waals surface area contributed by atoms with Crippen LogP contribution in [0.15, 0.2) is 47.4 Å². The minimum atomic E-state index is -3.75. The lowest BCUT2D eigenvalue weighted by molar-refractivity contribution is 0.402. The number of nitrogens with one attached hydrogen (secondary N) is 1. The number of hydrogen-bond donors (Lipinski definition) is 1. The highest BCUT2D eigenvalue weighted by Crippen LogP contribution is 2.29. The standard InChI is InChI=1S/C17H20ClNO3S/c1-4-15(13-7-5-12(2)6-8-13)19-23(20,21)17-11-14(18)9-10-16(17)22-3/h5-11,15,19H,4H2,1-3H3/t15-/m1/s1. The average molecular weight is 354 g/mol. The smallest absolute Gasteiger partial charge is 0.244 e. The van der Waals surface area contributed by atoms with Gasteiger partial charge in [-0.3, -0.25) is 0 Å². The molecule has 1 N–H and O–H groups in total. The molecule has 0 saturated heterocycles. The van der Waals surface area contributed by atoms with E-state index < -0.39 is 10.0 Å². The van der Waals surface area contributed by atoms with E-state index >= 15 is 0 Å². The van der Waals surface area contributed by atoms with Gasteiger partial charge in [-0.05, 0) is 37.1 Å². The van der Waals surface area contributed by atoms with E-state index in [2.05, 4.69) is 4.72 Å². The second kappa shape index (κ2) is 7.34. The molecule has 0 radical (unpaired) electrons. The summed E-state index contributed by atoms with van der Waals surface area (Å²) < 4.78 is 33.3. The number of ether oxygens (including phenoxy) is 1. The lowest BCUT2D eigenvalue weighted by Crippen LogP contribution is -2.28. The van der Waals surface area contributed by atoms with Gasteiger partial charge in [-0.1, -0.05) is 48.4 Å². The summed E-state index contributed by atoms with van der Waals surface area (Å²) in [5, 5.41) is 0.342. The van der Waals surface area contributed by atoms with Gasteiger partial charge >= 0.3 is 0 Å². The van der Waals surface area contributed by atoms with E-state index in [1.54, 1.807) is 12.1 Å². The number of benzene rings is 2. The summed E-state index contributed by atoms with van der Waals surface area (Å²) in [7, 11) is -2.32. The maximum Gasteiger partial charge on any atom is 0.244 e. The van der Waals surface area contributed by atoms with E-state index in [-0.39, 0.29) is 16.7 Å². The Kier molecular flexibility index (Phi) is 5.68. The molecule has 0 aliphatic carbocycles. The first-order valence-electron chi connectivity index (χ1n) is 7.30. The van der Waals surface area contributed by atoms with Gasteiger partial charge in [-0.2, -0.15) is 0 Å². The SMILES string of the molecule is CC[C@@H](NS(=O)(=O)c1cc(Cl)ccc1OC)c1ccc(C)cc1. The highest BCUT2D eigenvalue weighted by atomic mass is 35.5. The summed E-state index contributed by atoms with van der Waals surface area (Å²) in [6.07, 6.45) is 0.630. The molecule has 0 saturated carbocycles. The Morgan fingerprint density at radius 1 is 1.17 bits per heavy atom. The van der Waals surface area contributed by atoms with Crippen LogP contribution in [-0.2, 0) is 10.0 Å². The Morgan fingerprint density at radius 2 is 1.83 bits per heavy atom. The number of halogens is 1. The molecule has 2 aromatic rings. The number of hydrogen-bond acceptors (Lipinski definition) is 3. The van der Waals surface area contributed by atoms with E-state index in [4.69, 9.17) is 16.3 Å². The van der Waals surface area contributed by atoms with Crippen molar-refractivity contribution in [2.45, 2.75) is 31.2 Å². The van der Waals surface area contributed by atoms with Gasteiger partial charge in [0, 0.05) is 11.1 Å². The summed E-state index contributed by atoms with van der Waals surface area (Å²) in [5.41, 5.74) is 2.05. The zero-order valence-corrected chi connectivity index (χ0v) is 14.9. The summed E-state index contributed by atoms with van der Waals surface area (Å²) >= 11 is 5.94. The zero-order chi connectivity index (χ0) is 17.0. The van der Waals surface area contributed by atoms with Crippen molar-refractivity contribution >= 4 is 21.6 Å². The molecule has 0 aromatic heterocycles. The summed E-state index contributed by atoms with van der Waals surface area (Å²) in [6.45, 7) is 3.92. The molecule has 0 fully saturated rings. The van der Waals surface area contributed by atoms with Gasteiger partial charge in [0.1, 0.15) is 10.6 Å². The molecule has 0 unspecified atom stereocenters. The highest BCUT2D eigenvalue weighted by molar-refractivity contribution is 7.89. The zero-order valence-electron chi connectivity index (χ0n) is 13.3. The lowest BCUT2D eigenvalue weighted by atomic mass is 10.0. The molecule has 0 aliphatic heterocycles. The maximum absolute atomic E-state index is 12.7. The van der Waals surface area contributed by atoms with Gasteiger partial charge in [0.2, 0.25) is 10.0 Å². The van der Waals surface area contributed by atoms with Crippen molar-refractivity contribution in [3.8, 4) is 5.75 Å². The minimum Gasteiger partial charge on any atom is -0.495 e. The monoisotopic (exact) mass is 353 g/mol. The number of aryl methyl sites for hydroxylation is 1. The van der Waals surface area contributed by atoms with Crippen LogP contribution in [0.25, 0.3) is 0 Å². The molecule has 0 spiro atoms. The molecule has 1 atom stereocenters. The summed E-state index contributed by atoms with van der Waals surface area (Å²) in [4.78, 5) is 0.0399. The van der Waals surface area contributed by atoms with Crippen molar-refractivity contribution < 1.29 is 13.2 Å². The number of methoxy groups -OCH3 is 1. The van der Waals surface area contributed by atoms with E-state index in [0.29, 0.717) is 11.4 Å². The topological polar surface area (TPSA) is 55.4 Å². The molecule has 4 nitrogen and oxygen atoms in total. The predicted octanol–water partition coefficient (Wildman–Crippen LogP) is 4.09. The highest BCUT2D eigenvalue weighted by Gasteiger charge is 2.24. The normalized spacial score (nSPS) is 12.9. The van der Waals surface area contributed by atoms with Crippen molar-refractivity contribution in [3.63, 3.8) is 0 Å². The van der Waals surface area contributed by atoms with E-state index in [0.717, 1.165) is 11.1 Å². The molecule has 6 heteroatoms. The molecular weight excluding hydrogens is 334 g/mol. The van der Waals surface area contributed by atoms with Crippen molar-refractivity contribution in [1.82, 2.24) is 4.72 Å². The first-order valence-corrected chi connectivity index (χ1v) is 9.16. The van der Waals surface area contributed by atoms with E-state index in [1.807, 2.05) is 38.1 Å². The maximum atomic E-state index is 12.7. The van der Waals surface area contributed by atoms with Crippen LogP contribution in [0.1, 0.15) is 30.5 Å². The van der Waals surface area contributed by atoms with Crippen molar-refractivity contribution in [2.24, 2.45) is 0 Å². The molecule has 124 valence electrons. The van der Waals surface area contributed by atoms with Gasteiger partial charge in [-0.15, -0.1) is 0 Å². The summed E-state index contributed by atoms with van der Waals surface area (Å²) in [6, 6.07) is 12.0. The van der Waals surface area contributed by atoms with Gasteiger partial charge in [0.15, 0.2) is 0 Å². The fraction of sp³-hybridized carbons (Fsp3) is 0.294. The van der Waals surface area contributed by atoms with Gasteiger partial charge < -0.3 is 4.74 Å². The average Bonchev–Trinajstić information content (AvgIpc) is 2.53. The van der Waals surface area contributed by atoms with Crippen molar-refractivity contribution in [1.29, 1.82) is 0 Å². The van der Waals surface area contributed by atoms with Gasteiger partial charge in [0.25, 0.3) is 0 Å². The van der Waals surface area contributed by atoms with Crippen LogP contribution in [0.4, 0.5) is 0 Å². The lowest BCUT2D eigenvalue weighted by Gasteiger charge is -2.19. The number of sulfonamides is 1. The third-order valence-electron chi connectivity index (χ3n) is 3.60. The Morgan fingerprint density at radius 3 is 2.39 bits per heavy atom. The third kappa shape index (κ3) is 4.25. The van der Waals surface area contributed by atoms with Gasteiger partial charge in [-0.25, -0.2) is 13.1 Å². The van der Waals surface area contributed by atoms with Crippen LogP contribution in [0.3, 0.4) is 0 Å². The fourth-order valence-corrected chi connectivity index (χ4v) is 4.04. The van der Waals surface area contributed by atoms with E-state index in [1.165, 1.54) is 13.2 Å². The number of rotatable bonds is 6. The fourth-order valence-electron chi connectivity index (χ4n) is 2.30.